The molecule has 29 heavy (non-hydrogen) atoms. The minimum Gasteiger partial charge on any atom is -0.493 e. The van der Waals surface area contributed by atoms with Crippen molar-refractivity contribution in [3.05, 3.63) is 69.4 Å². The predicted molar refractivity (Wildman–Crippen MR) is 104 cm³/mol. The van der Waals surface area contributed by atoms with Gasteiger partial charge >= 0.3 is 17.2 Å². The van der Waals surface area contributed by atoms with Crippen LogP contribution in [0.15, 0.2) is 67.0 Å². The molecule has 2 aromatic carbocycles. The Morgan fingerprint density at radius 2 is 1.86 bits per heavy atom. The standard InChI is InChI=1S/C21H14O8/c1-26-16-4-2-3-11-7-15(21(25)29-20(11)16)14-9-19(24)28-17-8-12(5-6-13(14)17)27-10-18(22)23/h2-9H,10H2,1H3,(H,22,23). The number of fused-ring (bicyclic) bond motifs is 2. The Balaban J connectivity index is 1.91. The molecule has 0 saturated carbocycles. The van der Waals surface area contributed by atoms with Crippen molar-refractivity contribution >= 4 is 27.9 Å². The molecule has 0 amide bonds. The molecule has 0 aliphatic rings. The van der Waals surface area contributed by atoms with E-state index in [0.29, 0.717) is 27.7 Å². The maximum atomic E-state index is 12.7. The number of aliphatic carboxylic acids is 1. The van der Waals surface area contributed by atoms with Crippen LogP contribution in [0.3, 0.4) is 0 Å². The zero-order valence-corrected chi connectivity index (χ0v) is 15.1. The number of ether oxygens (including phenoxy) is 2. The number of hydrogen-bond acceptors (Lipinski definition) is 7. The lowest BCUT2D eigenvalue weighted by atomic mass is 10.0. The quantitative estimate of drug-likeness (QED) is 0.514. The van der Waals surface area contributed by atoms with Gasteiger partial charge in [0.1, 0.15) is 11.3 Å². The molecule has 8 nitrogen and oxygen atoms in total. The normalized spacial score (nSPS) is 10.9. The second-order valence-corrected chi connectivity index (χ2v) is 6.15. The number of methoxy groups -OCH3 is 1. The summed E-state index contributed by atoms with van der Waals surface area (Å²) in [5, 5.41) is 9.83. The van der Waals surface area contributed by atoms with E-state index in [2.05, 4.69) is 0 Å². The third-order valence-electron chi connectivity index (χ3n) is 4.31. The SMILES string of the molecule is COc1cccc2cc(-c3cc(=O)oc4cc(OCC(=O)O)ccc34)c(=O)oc12. The van der Waals surface area contributed by atoms with Crippen LogP contribution < -0.4 is 20.7 Å². The van der Waals surface area contributed by atoms with Gasteiger partial charge in [0.25, 0.3) is 0 Å². The van der Waals surface area contributed by atoms with Gasteiger partial charge in [0.2, 0.25) is 0 Å². The molecule has 2 aromatic heterocycles. The van der Waals surface area contributed by atoms with Crippen LogP contribution in [-0.2, 0) is 4.79 Å². The van der Waals surface area contributed by atoms with Gasteiger partial charge in [-0.3, -0.25) is 0 Å². The Morgan fingerprint density at radius 3 is 2.62 bits per heavy atom. The van der Waals surface area contributed by atoms with Crippen LogP contribution in [0.5, 0.6) is 11.5 Å². The van der Waals surface area contributed by atoms with Gasteiger partial charge in [0.15, 0.2) is 17.9 Å². The van der Waals surface area contributed by atoms with Gasteiger partial charge in [-0.1, -0.05) is 12.1 Å². The Hall–Kier alpha value is -4.07. The zero-order valence-electron chi connectivity index (χ0n) is 15.1. The summed E-state index contributed by atoms with van der Waals surface area (Å²) in [4.78, 5) is 35.4. The number of carbonyl (C=O) groups is 1. The lowest BCUT2D eigenvalue weighted by molar-refractivity contribution is -0.139. The van der Waals surface area contributed by atoms with Gasteiger partial charge in [-0.15, -0.1) is 0 Å². The second-order valence-electron chi connectivity index (χ2n) is 6.15. The summed E-state index contributed by atoms with van der Waals surface area (Å²) in [6, 6.07) is 12.5. The molecule has 4 aromatic rings. The first-order valence-electron chi connectivity index (χ1n) is 8.50. The number of carboxylic acids is 1. The van der Waals surface area contributed by atoms with Crippen molar-refractivity contribution in [2.45, 2.75) is 0 Å². The summed E-state index contributed by atoms with van der Waals surface area (Å²) in [6.45, 7) is -0.536. The summed E-state index contributed by atoms with van der Waals surface area (Å²) in [6.07, 6.45) is 0. The van der Waals surface area contributed by atoms with Gasteiger partial charge in [0, 0.05) is 28.5 Å². The molecular formula is C21H14O8. The summed E-state index contributed by atoms with van der Waals surface area (Å²) in [5.41, 5.74) is -0.337. The van der Waals surface area contributed by atoms with Crippen LogP contribution in [0.25, 0.3) is 33.1 Å². The average Bonchev–Trinajstić information content (AvgIpc) is 2.70. The van der Waals surface area contributed by atoms with E-state index in [1.807, 2.05) is 0 Å². The monoisotopic (exact) mass is 394 g/mol. The highest BCUT2D eigenvalue weighted by Gasteiger charge is 2.16. The Morgan fingerprint density at radius 1 is 1.03 bits per heavy atom. The molecule has 1 N–H and O–H groups in total. The van der Waals surface area contributed by atoms with Crippen molar-refractivity contribution < 1.29 is 28.2 Å². The van der Waals surface area contributed by atoms with Gasteiger partial charge < -0.3 is 23.4 Å². The van der Waals surface area contributed by atoms with Crippen LogP contribution in [0, 0.1) is 0 Å². The van der Waals surface area contributed by atoms with E-state index in [0.717, 1.165) is 0 Å². The molecular weight excluding hydrogens is 380 g/mol. The summed E-state index contributed by atoms with van der Waals surface area (Å²) < 4.78 is 21.0. The van der Waals surface area contributed by atoms with E-state index in [1.54, 1.807) is 30.3 Å². The molecule has 0 fully saturated rings. The highest BCUT2D eigenvalue weighted by atomic mass is 16.5. The highest BCUT2D eigenvalue weighted by molar-refractivity contribution is 5.96. The molecule has 8 heteroatoms. The Labute approximate surface area is 162 Å². The molecule has 4 rings (SSSR count). The maximum Gasteiger partial charge on any atom is 0.344 e. The molecule has 0 aliphatic carbocycles. The Bertz CT molecular complexity index is 1360. The number of carboxylic acid groups (broad SMARTS) is 1. The van der Waals surface area contributed by atoms with Gasteiger partial charge in [-0.05, 0) is 24.3 Å². The highest BCUT2D eigenvalue weighted by Crippen LogP contribution is 2.31. The summed E-state index contributed by atoms with van der Waals surface area (Å²) in [7, 11) is 1.47. The fourth-order valence-corrected chi connectivity index (χ4v) is 3.07. The lowest BCUT2D eigenvalue weighted by Gasteiger charge is -2.09. The maximum absolute atomic E-state index is 12.7. The number of para-hydroxylation sites is 1. The third kappa shape index (κ3) is 3.43. The largest absolute Gasteiger partial charge is 0.493 e. The molecule has 0 unspecified atom stereocenters. The van der Waals surface area contributed by atoms with E-state index < -0.39 is 23.8 Å². The smallest absolute Gasteiger partial charge is 0.344 e. The van der Waals surface area contributed by atoms with E-state index in [-0.39, 0.29) is 16.9 Å². The van der Waals surface area contributed by atoms with Crippen molar-refractivity contribution in [3.63, 3.8) is 0 Å². The minimum absolute atomic E-state index is 0.153. The molecule has 0 radical (unpaired) electrons. The fraction of sp³-hybridized carbons (Fsp3) is 0.0952. The van der Waals surface area contributed by atoms with E-state index in [4.69, 9.17) is 23.4 Å². The van der Waals surface area contributed by atoms with Gasteiger partial charge in [-0.25, -0.2) is 14.4 Å². The number of hydrogen-bond donors (Lipinski definition) is 1. The fourth-order valence-electron chi connectivity index (χ4n) is 3.07. The van der Waals surface area contributed by atoms with Gasteiger partial charge in [-0.2, -0.15) is 0 Å². The molecule has 0 spiro atoms. The van der Waals surface area contributed by atoms with Crippen LogP contribution in [0.1, 0.15) is 0 Å². The zero-order chi connectivity index (χ0) is 20.5. The predicted octanol–water partition coefficient (Wildman–Crippen LogP) is 3.04. The molecule has 2 heterocycles. The van der Waals surface area contributed by atoms with Crippen LogP contribution in [-0.4, -0.2) is 24.8 Å². The van der Waals surface area contributed by atoms with Crippen LogP contribution >= 0.6 is 0 Å². The van der Waals surface area contributed by atoms with Crippen molar-refractivity contribution in [1.29, 1.82) is 0 Å². The molecule has 0 bridgehead atoms. The summed E-state index contributed by atoms with van der Waals surface area (Å²) in [5.74, 6) is -0.496. The number of benzene rings is 2. The van der Waals surface area contributed by atoms with Crippen molar-refractivity contribution in [2.24, 2.45) is 0 Å². The van der Waals surface area contributed by atoms with E-state index in [9.17, 15) is 14.4 Å². The van der Waals surface area contributed by atoms with E-state index >= 15 is 0 Å². The first-order valence-corrected chi connectivity index (χ1v) is 8.50. The third-order valence-corrected chi connectivity index (χ3v) is 4.31. The van der Waals surface area contributed by atoms with Gasteiger partial charge in [0.05, 0.1) is 12.7 Å². The van der Waals surface area contributed by atoms with Crippen molar-refractivity contribution in [2.75, 3.05) is 13.7 Å². The first kappa shape index (κ1) is 18.3. The average molecular weight is 394 g/mol. The molecule has 0 atom stereocenters. The minimum atomic E-state index is -1.13. The summed E-state index contributed by atoms with van der Waals surface area (Å²) >= 11 is 0. The molecule has 0 aliphatic heterocycles. The lowest BCUT2D eigenvalue weighted by Crippen LogP contribution is -2.09. The Kier molecular flexibility index (Phi) is 4.52. The van der Waals surface area contributed by atoms with Crippen molar-refractivity contribution in [3.8, 4) is 22.6 Å². The second kappa shape index (κ2) is 7.16. The van der Waals surface area contributed by atoms with Crippen molar-refractivity contribution in [1.82, 2.24) is 0 Å². The topological polar surface area (TPSA) is 116 Å². The van der Waals surface area contributed by atoms with Crippen LogP contribution in [0.4, 0.5) is 0 Å². The first-order chi connectivity index (χ1) is 14.0. The molecule has 0 saturated heterocycles. The van der Waals surface area contributed by atoms with E-state index in [1.165, 1.54) is 25.3 Å². The number of rotatable bonds is 5. The molecule has 146 valence electrons. The van der Waals surface area contributed by atoms with Crippen LogP contribution in [0.2, 0.25) is 0 Å².